The third-order valence-corrected chi connectivity index (χ3v) is 5.27. The molecule has 0 radical (unpaired) electrons. The van der Waals surface area contributed by atoms with Crippen LogP contribution in [0.3, 0.4) is 0 Å². The number of esters is 1. The number of hydrogen-bond donors (Lipinski definition) is 1. The number of unbranched alkanes of at least 4 members (excludes halogenated alkanes) is 8. The van der Waals surface area contributed by atoms with Crippen LogP contribution in [-0.2, 0) is 14.3 Å². The number of hydrogen-bond acceptors (Lipinski definition) is 4. The lowest BCUT2D eigenvalue weighted by Gasteiger charge is -2.22. The van der Waals surface area contributed by atoms with E-state index in [1.54, 1.807) is 6.92 Å². The van der Waals surface area contributed by atoms with Crippen molar-refractivity contribution in [2.45, 2.75) is 97.8 Å². The zero-order chi connectivity index (χ0) is 21.9. The molecule has 0 saturated carbocycles. The average molecular weight is 412 g/mol. The molecular formula is C24H45NO4. The van der Waals surface area contributed by atoms with Gasteiger partial charge in [0.2, 0.25) is 5.91 Å². The third kappa shape index (κ3) is 14.3. The second kappa shape index (κ2) is 18.7. The monoisotopic (exact) mass is 411 g/mol. The third-order valence-electron chi connectivity index (χ3n) is 5.27. The van der Waals surface area contributed by atoms with Crippen LogP contribution in [0.5, 0.6) is 0 Å². The Labute approximate surface area is 178 Å². The van der Waals surface area contributed by atoms with E-state index in [1.165, 1.54) is 56.3 Å². The standard InChI is InChI=1S/C24H45NO4/c1-5-7-9-11-13-15-22(16-14-12-10-8-6-2)24(28)29-20-18-25(17-19-26)23(27)21(3)4/h22,26H,3,5-20H2,1-2,4H3. The highest BCUT2D eigenvalue weighted by atomic mass is 16.5. The van der Waals surface area contributed by atoms with Crippen LogP contribution < -0.4 is 0 Å². The molecule has 0 unspecified atom stereocenters. The Morgan fingerprint density at radius 2 is 1.41 bits per heavy atom. The molecule has 0 saturated heterocycles. The molecule has 0 heterocycles. The summed E-state index contributed by atoms with van der Waals surface area (Å²) >= 11 is 0. The van der Waals surface area contributed by atoms with E-state index in [1.807, 2.05) is 0 Å². The lowest BCUT2D eigenvalue weighted by Crippen LogP contribution is -2.37. The van der Waals surface area contributed by atoms with E-state index in [0.717, 1.165) is 25.7 Å². The lowest BCUT2D eigenvalue weighted by atomic mass is 9.94. The lowest BCUT2D eigenvalue weighted by molar-refractivity contribution is -0.150. The zero-order valence-corrected chi connectivity index (χ0v) is 19.2. The molecule has 0 aliphatic rings. The molecule has 0 aliphatic carbocycles. The molecule has 0 aromatic carbocycles. The van der Waals surface area contributed by atoms with Crippen molar-refractivity contribution < 1.29 is 19.4 Å². The summed E-state index contributed by atoms with van der Waals surface area (Å²) in [5.41, 5.74) is 0.418. The Morgan fingerprint density at radius 3 is 1.86 bits per heavy atom. The molecule has 0 atom stereocenters. The smallest absolute Gasteiger partial charge is 0.308 e. The highest BCUT2D eigenvalue weighted by molar-refractivity contribution is 5.92. The Kier molecular flexibility index (Phi) is 17.8. The SMILES string of the molecule is C=C(C)C(=O)N(CCO)CCOC(=O)C(CCCCCCC)CCCCCCC. The number of aliphatic hydroxyl groups excluding tert-OH is 1. The maximum absolute atomic E-state index is 12.6. The summed E-state index contributed by atoms with van der Waals surface area (Å²) < 4.78 is 5.52. The summed E-state index contributed by atoms with van der Waals surface area (Å²) in [6.45, 7) is 10.3. The molecule has 0 bridgehead atoms. The number of carbonyl (C=O) groups excluding carboxylic acids is 2. The first-order valence-electron chi connectivity index (χ1n) is 11.7. The molecule has 5 nitrogen and oxygen atoms in total. The van der Waals surface area contributed by atoms with Crippen molar-refractivity contribution in [3.63, 3.8) is 0 Å². The Bertz CT molecular complexity index is 436. The van der Waals surface area contributed by atoms with Crippen LogP contribution in [0.25, 0.3) is 0 Å². The van der Waals surface area contributed by atoms with Gasteiger partial charge in [-0.3, -0.25) is 9.59 Å². The van der Waals surface area contributed by atoms with E-state index in [4.69, 9.17) is 9.84 Å². The number of aliphatic hydroxyl groups is 1. The van der Waals surface area contributed by atoms with E-state index < -0.39 is 0 Å². The van der Waals surface area contributed by atoms with E-state index in [0.29, 0.717) is 5.57 Å². The summed E-state index contributed by atoms with van der Waals surface area (Å²) in [4.78, 5) is 26.2. The molecule has 0 aromatic heterocycles. The first-order chi connectivity index (χ1) is 14.0. The van der Waals surface area contributed by atoms with E-state index in [9.17, 15) is 9.59 Å². The van der Waals surface area contributed by atoms with Crippen LogP contribution >= 0.6 is 0 Å². The predicted octanol–water partition coefficient (Wildman–Crippen LogP) is 5.26. The summed E-state index contributed by atoms with van der Waals surface area (Å²) in [6.07, 6.45) is 13.7. The Balaban J connectivity index is 4.48. The van der Waals surface area contributed by atoms with Gasteiger partial charge in [0.25, 0.3) is 0 Å². The fraction of sp³-hybridized carbons (Fsp3) is 0.833. The van der Waals surface area contributed by atoms with Crippen LogP contribution in [0, 0.1) is 5.92 Å². The van der Waals surface area contributed by atoms with Crippen molar-refractivity contribution in [1.82, 2.24) is 4.90 Å². The van der Waals surface area contributed by atoms with Gasteiger partial charge in [-0.25, -0.2) is 0 Å². The normalized spacial score (nSPS) is 10.9. The van der Waals surface area contributed by atoms with Gasteiger partial charge in [0.05, 0.1) is 19.1 Å². The molecule has 29 heavy (non-hydrogen) atoms. The van der Waals surface area contributed by atoms with Crippen LogP contribution in [0.15, 0.2) is 12.2 Å². The summed E-state index contributed by atoms with van der Waals surface area (Å²) in [6, 6.07) is 0. The predicted molar refractivity (Wildman–Crippen MR) is 120 cm³/mol. The minimum Gasteiger partial charge on any atom is -0.464 e. The van der Waals surface area contributed by atoms with Crippen molar-refractivity contribution in [2.75, 3.05) is 26.3 Å². The zero-order valence-electron chi connectivity index (χ0n) is 19.2. The first kappa shape index (κ1) is 27.6. The molecule has 0 aromatic rings. The summed E-state index contributed by atoms with van der Waals surface area (Å²) in [5, 5.41) is 9.15. The quantitative estimate of drug-likeness (QED) is 0.179. The number of nitrogens with zero attached hydrogens (tertiary/aromatic N) is 1. The number of rotatable bonds is 19. The van der Waals surface area contributed by atoms with E-state index in [-0.39, 0.29) is 44.1 Å². The minimum absolute atomic E-state index is 0.0404. The molecule has 5 heteroatoms. The van der Waals surface area contributed by atoms with Gasteiger partial charge >= 0.3 is 5.97 Å². The Morgan fingerprint density at radius 1 is 0.897 bits per heavy atom. The average Bonchev–Trinajstić information content (AvgIpc) is 2.70. The minimum atomic E-state index is -0.210. The van der Waals surface area contributed by atoms with Crippen LogP contribution in [0.1, 0.15) is 97.8 Å². The van der Waals surface area contributed by atoms with Gasteiger partial charge in [-0.2, -0.15) is 0 Å². The maximum Gasteiger partial charge on any atom is 0.308 e. The summed E-state index contributed by atoms with van der Waals surface area (Å²) in [7, 11) is 0. The van der Waals surface area contributed by atoms with Gasteiger partial charge in [-0.15, -0.1) is 0 Å². The molecule has 0 aliphatic heterocycles. The van der Waals surface area contributed by atoms with Gasteiger partial charge in [0.1, 0.15) is 6.61 Å². The van der Waals surface area contributed by atoms with Gasteiger partial charge in [0.15, 0.2) is 0 Å². The largest absolute Gasteiger partial charge is 0.464 e. The molecule has 1 amide bonds. The number of carbonyl (C=O) groups is 2. The maximum atomic E-state index is 12.6. The molecule has 1 N–H and O–H groups in total. The first-order valence-corrected chi connectivity index (χ1v) is 11.7. The number of amides is 1. The van der Waals surface area contributed by atoms with Crippen LogP contribution in [0.2, 0.25) is 0 Å². The van der Waals surface area contributed by atoms with Crippen molar-refractivity contribution in [3.8, 4) is 0 Å². The van der Waals surface area contributed by atoms with Crippen LogP contribution in [0.4, 0.5) is 0 Å². The second-order valence-corrected chi connectivity index (χ2v) is 8.07. The van der Waals surface area contributed by atoms with Gasteiger partial charge in [0, 0.05) is 12.1 Å². The van der Waals surface area contributed by atoms with Crippen molar-refractivity contribution in [3.05, 3.63) is 12.2 Å². The second-order valence-electron chi connectivity index (χ2n) is 8.07. The molecule has 0 spiro atoms. The molecule has 0 fully saturated rings. The fourth-order valence-corrected chi connectivity index (χ4v) is 3.45. The van der Waals surface area contributed by atoms with Gasteiger partial charge in [-0.05, 0) is 19.8 Å². The molecule has 0 rings (SSSR count). The van der Waals surface area contributed by atoms with Crippen molar-refractivity contribution in [1.29, 1.82) is 0 Å². The molecular weight excluding hydrogens is 366 g/mol. The van der Waals surface area contributed by atoms with Crippen LogP contribution in [-0.4, -0.2) is 48.2 Å². The van der Waals surface area contributed by atoms with E-state index in [2.05, 4.69) is 20.4 Å². The molecule has 170 valence electrons. The number of ether oxygens (including phenoxy) is 1. The summed E-state index contributed by atoms with van der Waals surface area (Å²) in [5.74, 6) is -0.386. The van der Waals surface area contributed by atoms with Crippen molar-refractivity contribution in [2.24, 2.45) is 5.92 Å². The fourth-order valence-electron chi connectivity index (χ4n) is 3.45. The Hall–Kier alpha value is -1.36. The van der Waals surface area contributed by atoms with E-state index >= 15 is 0 Å². The highest BCUT2D eigenvalue weighted by Crippen LogP contribution is 2.20. The highest BCUT2D eigenvalue weighted by Gasteiger charge is 2.20. The van der Waals surface area contributed by atoms with Gasteiger partial charge in [-0.1, -0.05) is 84.6 Å². The van der Waals surface area contributed by atoms with Crippen molar-refractivity contribution >= 4 is 11.9 Å². The topological polar surface area (TPSA) is 66.8 Å². The van der Waals surface area contributed by atoms with Gasteiger partial charge < -0.3 is 14.7 Å².